The number of carbonyl (C=O) groups is 1. The average Bonchev–Trinajstić information content (AvgIpc) is 2.85. The number of benzene rings is 3. The van der Waals surface area contributed by atoms with Gasteiger partial charge in [-0.25, -0.2) is 14.8 Å². The van der Waals surface area contributed by atoms with Crippen LogP contribution < -0.4 is 10.6 Å². The van der Waals surface area contributed by atoms with Gasteiger partial charge in [0.25, 0.3) is 0 Å². The van der Waals surface area contributed by atoms with E-state index in [9.17, 15) is 4.79 Å². The second-order valence-electron chi connectivity index (χ2n) is 7.32. The molecule has 3 aromatic carbocycles. The molecule has 32 heavy (non-hydrogen) atoms. The topological polar surface area (TPSA) is 66.9 Å². The molecule has 0 fully saturated rings. The Morgan fingerprint density at radius 2 is 1.41 bits per heavy atom. The van der Waals surface area contributed by atoms with Gasteiger partial charge < -0.3 is 5.32 Å². The quantitative estimate of drug-likeness (QED) is 0.346. The zero-order chi connectivity index (χ0) is 21.8. The molecule has 5 heteroatoms. The maximum absolute atomic E-state index is 12.4. The maximum atomic E-state index is 12.4. The van der Waals surface area contributed by atoms with Crippen LogP contribution in [0.1, 0.15) is 0 Å². The highest BCUT2D eigenvalue weighted by Crippen LogP contribution is 2.34. The number of fused-ring (bicyclic) bond motifs is 1. The van der Waals surface area contributed by atoms with E-state index >= 15 is 0 Å². The van der Waals surface area contributed by atoms with Crippen LogP contribution in [0.2, 0.25) is 0 Å². The van der Waals surface area contributed by atoms with E-state index in [4.69, 9.17) is 4.98 Å². The first-order valence-electron chi connectivity index (χ1n) is 10.3. The molecule has 0 saturated carbocycles. The summed E-state index contributed by atoms with van der Waals surface area (Å²) in [6.45, 7) is 0. The van der Waals surface area contributed by atoms with Gasteiger partial charge in [0.05, 0.1) is 11.2 Å². The van der Waals surface area contributed by atoms with Gasteiger partial charge in [-0.3, -0.25) is 5.32 Å². The molecular weight excluding hydrogens is 396 g/mol. The Kier molecular flexibility index (Phi) is 5.29. The Bertz CT molecular complexity index is 1370. The normalized spacial score (nSPS) is 10.6. The zero-order valence-electron chi connectivity index (χ0n) is 17.2. The first-order chi connectivity index (χ1) is 15.8. The van der Waals surface area contributed by atoms with E-state index in [1.54, 1.807) is 18.3 Å². The van der Waals surface area contributed by atoms with Crippen LogP contribution in [0.15, 0.2) is 109 Å². The van der Waals surface area contributed by atoms with Gasteiger partial charge in [0.2, 0.25) is 0 Å². The highest BCUT2D eigenvalue weighted by Gasteiger charge is 2.12. The summed E-state index contributed by atoms with van der Waals surface area (Å²) in [6.07, 6.45) is 1.63. The van der Waals surface area contributed by atoms with E-state index in [2.05, 4.69) is 45.9 Å². The lowest BCUT2D eigenvalue weighted by Crippen LogP contribution is -2.19. The molecule has 0 aliphatic heterocycles. The van der Waals surface area contributed by atoms with Gasteiger partial charge in [-0.2, -0.15) is 0 Å². The molecular formula is C27H20N4O. The summed E-state index contributed by atoms with van der Waals surface area (Å²) in [6, 6.07) is 33.2. The third-order valence-corrected chi connectivity index (χ3v) is 5.11. The van der Waals surface area contributed by atoms with Crippen LogP contribution in [0.5, 0.6) is 0 Å². The molecule has 5 rings (SSSR count). The zero-order valence-corrected chi connectivity index (χ0v) is 17.2. The third-order valence-electron chi connectivity index (χ3n) is 5.11. The molecule has 5 aromatic rings. The Hall–Kier alpha value is -4.51. The van der Waals surface area contributed by atoms with Crippen LogP contribution in [0.25, 0.3) is 33.3 Å². The van der Waals surface area contributed by atoms with Gasteiger partial charge in [0, 0.05) is 28.4 Å². The summed E-state index contributed by atoms with van der Waals surface area (Å²) in [4.78, 5) is 21.5. The lowest BCUT2D eigenvalue weighted by atomic mass is 9.97. The molecule has 2 amide bonds. The van der Waals surface area contributed by atoms with E-state index in [-0.39, 0.29) is 6.03 Å². The van der Waals surface area contributed by atoms with E-state index in [1.807, 2.05) is 60.7 Å². The van der Waals surface area contributed by atoms with Gasteiger partial charge in [-0.15, -0.1) is 0 Å². The molecule has 0 bridgehead atoms. The van der Waals surface area contributed by atoms with Gasteiger partial charge in [0.1, 0.15) is 5.82 Å². The second kappa shape index (κ2) is 8.70. The minimum Gasteiger partial charge on any atom is -0.308 e. The minimum absolute atomic E-state index is 0.347. The van der Waals surface area contributed by atoms with Crippen molar-refractivity contribution in [2.75, 3.05) is 10.6 Å². The first-order valence-corrected chi connectivity index (χ1v) is 10.3. The van der Waals surface area contributed by atoms with Gasteiger partial charge in [-0.05, 0) is 42.0 Å². The number of amides is 2. The van der Waals surface area contributed by atoms with Crippen LogP contribution >= 0.6 is 0 Å². The average molecular weight is 416 g/mol. The number of aromatic nitrogens is 2. The van der Waals surface area contributed by atoms with Gasteiger partial charge in [-0.1, -0.05) is 66.7 Å². The fraction of sp³-hybridized carbons (Fsp3) is 0. The number of urea groups is 1. The summed E-state index contributed by atoms with van der Waals surface area (Å²) in [7, 11) is 0. The fourth-order valence-corrected chi connectivity index (χ4v) is 3.62. The maximum Gasteiger partial charge on any atom is 0.324 e. The van der Waals surface area contributed by atoms with Gasteiger partial charge >= 0.3 is 6.03 Å². The number of carbonyl (C=O) groups excluding carboxylic acids is 1. The molecule has 0 unspecified atom stereocenters. The Morgan fingerprint density at radius 3 is 2.12 bits per heavy atom. The van der Waals surface area contributed by atoms with Crippen molar-refractivity contribution in [3.8, 4) is 22.4 Å². The molecule has 0 aliphatic carbocycles. The molecule has 0 saturated heterocycles. The van der Waals surface area contributed by atoms with Crippen LogP contribution in [0.3, 0.4) is 0 Å². The van der Waals surface area contributed by atoms with Crippen LogP contribution in [-0.4, -0.2) is 16.0 Å². The van der Waals surface area contributed by atoms with Crippen molar-refractivity contribution in [1.82, 2.24) is 9.97 Å². The van der Waals surface area contributed by atoms with Crippen molar-refractivity contribution in [1.29, 1.82) is 0 Å². The lowest BCUT2D eigenvalue weighted by Gasteiger charge is -2.13. The smallest absolute Gasteiger partial charge is 0.308 e. The summed E-state index contributed by atoms with van der Waals surface area (Å²) in [5.74, 6) is 0.492. The first kappa shape index (κ1) is 19.5. The van der Waals surface area contributed by atoms with Crippen LogP contribution in [0, 0.1) is 0 Å². The van der Waals surface area contributed by atoms with Crippen molar-refractivity contribution in [3.63, 3.8) is 0 Å². The highest BCUT2D eigenvalue weighted by molar-refractivity contribution is 6.01. The van der Waals surface area contributed by atoms with Crippen LogP contribution in [0.4, 0.5) is 16.3 Å². The molecule has 2 N–H and O–H groups in total. The lowest BCUT2D eigenvalue weighted by molar-refractivity contribution is 0.262. The van der Waals surface area contributed by atoms with E-state index in [0.29, 0.717) is 11.5 Å². The highest BCUT2D eigenvalue weighted by atomic mass is 16.2. The van der Waals surface area contributed by atoms with Crippen molar-refractivity contribution < 1.29 is 4.79 Å². The molecule has 0 aliphatic rings. The van der Waals surface area contributed by atoms with Crippen molar-refractivity contribution >= 4 is 28.4 Å². The Balaban J connectivity index is 1.52. The standard InChI is InChI=1S/C27H20N4O/c32-27(31-25-13-7-8-16-28-25)29-22-14-15-24-21(17-22)18-23(19-9-3-1-4-10-19)26(30-24)20-11-5-2-6-12-20/h1-18H,(H2,28,29,31,32). The summed E-state index contributed by atoms with van der Waals surface area (Å²) in [5.41, 5.74) is 5.66. The van der Waals surface area contributed by atoms with E-state index in [0.717, 1.165) is 33.3 Å². The summed E-state index contributed by atoms with van der Waals surface area (Å²) < 4.78 is 0. The molecule has 154 valence electrons. The summed E-state index contributed by atoms with van der Waals surface area (Å²) in [5, 5.41) is 6.54. The number of nitrogens with zero attached hydrogens (tertiary/aromatic N) is 2. The predicted molar refractivity (Wildman–Crippen MR) is 129 cm³/mol. The minimum atomic E-state index is -0.347. The van der Waals surface area contributed by atoms with Gasteiger partial charge in [0.15, 0.2) is 0 Å². The SMILES string of the molecule is O=C(Nc1ccc2nc(-c3ccccc3)c(-c3ccccc3)cc2c1)Nc1ccccn1. The largest absolute Gasteiger partial charge is 0.324 e. The number of rotatable bonds is 4. The molecule has 0 spiro atoms. The monoisotopic (exact) mass is 416 g/mol. The Labute approximate surface area is 185 Å². The number of nitrogens with one attached hydrogen (secondary N) is 2. The summed E-state index contributed by atoms with van der Waals surface area (Å²) >= 11 is 0. The van der Waals surface area contributed by atoms with E-state index in [1.165, 1.54) is 0 Å². The second-order valence-corrected chi connectivity index (χ2v) is 7.32. The molecule has 0 atom stereocenters. The van der Waals surface area contributed by atoms with Crippen molar-refractivity contribution in [3.05, 3.63) is 109 Å². The van der Waals surface area contributed by atoms with Crippen molar-refractivity contribution in [2.45, 2.75) is 0 Å². The number of anilines is 2. The molecule has 0 radical (unpaired) electrons. The van der Waals surface area contributed by atoms with Crippen LogP contribution in [-0.2, 0) is 0 Å². The van der Waals surface area contributed by atoms with E-state index < -0.39 is 0 Å². The third kappa shape index (κ3) is 4.18. The Morgan fingerprint density at radius 1 is 0.688 bits per heavy atom. The molecule has 2 heterocycles. The number of hydrogen-bond acceptors (Lipinski definition) is 3. The fourth-order valence-electron chi connectivity index (χ4n) is 3.62. The van der Waals surface area contributed by atoms with Crippen molar-refractivity contribution in [2.24, 2.45) is 0 Å². The molecule has 5 nitrogen and oxygen atoms in total. The number of hydrogen-bond donors (Lipinski definition) is 2. The number of pyridine rings is 2. The molecule has 2 aromatic heterocycles. The predicted octanol–water partition coefficient (Wildman–Crippen LogP) is 6.61.